The molecule has 1 aliphatic rings. The smallest absolute Gasteiger partial charge is 0.323 e. The number of carbonyl (C=O) groups is 1. The van der Waals surface area contributed by atoms with Crippen LogP contribution >= 0.6 is 0 Å². The minimum Gasteiger partial charge on any atom is -0.492 e. The number of carbonyl (C=O) groups excluding carboxylic acids is 1. The molecule has 2 amide bonds. The number of nitrogens with one attached hydrogen (secondary N) is 1. The van der Waals surface area contributed by atoms with Crippen molar-refractivity contribution in [3.05, 3.63) is 42.2 Å². The number of urea groups is 1. The van der Waals surface area contributed by atoms with E-state index in [1.165, 1.54) is 0 Å². The molecule has 0 atom stereocenters. The molecule has 1 N–H and O–H groups in total. The summed E-state index contributed by atoms with van der Waals surface area (Å²) in [6.07, 6.45) is 0. The van der Waals surface area contributed by atoms with Crippen LogP contribution in [-0.4, -0.2) is 60.3 Å². The van der Waals surface area contributed by atoms with Crippen molar-refractivity contribution >= 4 is 11.8 Å². The molecule has 2 heterocycles. The number of hydrogen-bond donors (Lipinski definition) is 1. The van der Waals surface area contributed by atoms with Gasteiger partial charge >= 0.3 is 6.03 Å². The molecule has 0 unspecified atom stereocenters. The van der Waals surface area contributed by atoms with Crippen molar-refractivity contribution in [2.75, 3.05) is 44.6 Å². The third-order valence-corrected chi connectivity index (χ3v) is 3.94. The fourth-order valence-corrected chi connectivity index (χ4v) is 2.60. The summed E-state index contributed by atoms with van der Waals surface area (Å²) in [5, 5.41) is 6.53. The van der Waals surface area contributed by atoms with Crippen molar-refractivity contribution < 1.29 is 14.1 Å². The van der Waals surface area contributed by atoms with E-state index in [-0.39, 0.29) is 6.03 Å². The number of aryl methyl sites for hydroxylation is 1. The van der Waals surface area contributed by atoms with Gasteiger partial charge in [0.2, 0.25) is 0 Å². The van der Waals surface area contributed by atoms with Crippen LogP contribution in [0.1, 0.15) is 5.76 Å². The van der Waals surface area contributed by atoms with E-state index in [0.29, 0.717) is 31.3 Å². The van der Waals surface area contributed by atoms with E-state index in [2.05, 4.69) is 15.4 Å². The van der Waals surface area contributed by atoms with Gasteiger partial charge in [-0.05, 0) is 19.1 Å². The summed E-state index contributed by atoms with van der Waals surface area (Å²) in [6.45, 7) is 6.34. The maximum absolute atomic E-state index is 12.2. The van der Waals surface area contributed by atoms with Gasteiger partial charge in [0.05, 0.1) is 0 Å². The van der Waals surface area contributed by atoms with E-state index < -0.39 is 0 Å². The molecule has 1 saturated heterocycles. The minimum atomic E-state index is -0.136. The van der Waals surface area contributed by atoms with Crippen molar-refractivity contribution in [1.82, 2.24) is 15.0 Å². The Balaban J connectivity index is 1.37. The van der Waals surface area contributed by atoms with Crippen LogP contribution in [0.25, 0.3) is 0 Å². The Labute approximate surface area is 141 Å². The van der Waals surface area contributed by atoms with Gasteiger partial charge < -0.3 is 14.2 Å². The van der Waals surface area contributed by atoms with Gasteiger partial charge in [0.1, 0.15) is 18.1 Å². The minimum absolute atomic E-state index is 0.136. The van der Waals surface area contributed by atoms with E-state index >= 15 is 0 Å². The Bertz CT molecular complexity index is 651. The molecule has 2 aromatic rings. The van der Waals surface area contributed by atoms with Crippen molar-refractivity contribution in [3.8, 4) is 5.75 Å². The molecule has 0 radical (unpaired) electrons. The number of para-hydroxylation sites is 1. The predicted molar refractivity (Wildman–Crippen MR) is 90.2 cm³/mol. The number of rotatable bonds is 5. The van der Waals surface area contributed by atoms with Gasteiger partial charge in [0, 0.05) is 38.8 Å². The topological polar surface area (TPSA) is 70.8 Å². The summed E-state index contributed by atoms with van der Waals surface area (Å²) in [5.74, 6) is 2.02. The molecule has 128 valence electrons. The molecule has 24 heavy (non-hydrogen) atoms. The first-order valence-corrected chi connectivity index (χ1v) is 8.10. The van der Waals surface area contributed by atoms with E-state index in [1.54, 1.807) is 17.9 Å². The molecule has 1 fully saturated rings. The number of amides is 2. The zero-order valence-corrected chi connectivity index (χ0v) is 13.8. The monoisotopic (exact) mass is 330 g/mol. The number of hydrogen-bond acceptors (Lipinski definition) is 5. The van der Waals surface area contributed by atoms with Crippen LogP contribution in [0.15, 0.2) is 40.9 Å². The van der Waals surface area contributed by atoms with Gasteiger partial charge in [0.25, 0.3) is 0 Å². The van der Waals surface area contributed by atoms with Crippen LogP contribution in [0.2, 0.25) is 0 Å². The van der Waals surface area contributed by atoms with Crippen molar-refractivity contribution in [2.45, 2.75) is 6.92 Å². The molecular weight excluding hydrogens is 308 g/mol. The Morgan fingerprint density at radius 3 is 2.67 bits per heavy atom. The zero-order valence-electron chi connectivity index (χ0n) is 13.8. The Morgan fingerprint density at radius 1 is 1.25 bits per heavy atom. The number of ether oxygens (including phenoxy) is 1. The Kier molecular flexibility index (Phi) is 5.32. The second kappa shape index (κ2) is 7.83. The fraction of sp³-hybridized carbons (Fsp3) is 0.412. The molecule has 7 heteroatoms. The number of benzene rings is 1. The average Bonchev–Trinajstić information content (AvgIpc) is 3.01. The lowest BCUT2D eigenvalue weighted by Gasteiger charge is -2.34. The quantitative estimate of drug-likeness (QED) is 0.910. The summed E-state index contributed by atoms with van der Waals surface area (Å²) >= 11 is 0. The molecule has 1 aromatic heterocycles. The van der Waals surface area contributed by atoms with E-state index in [0.717, 1.165) is 25.4 Å². The third-order valence-electron chi connectivity index (χ3n) is 3.94. The zero-order chi connectivity index (χ0) is 16.8. The number of anilines is 1. The molecule has 0 aliphatic carbocycles. The normalized spacial score (nSPS) is 15.3. The van der Waals surface area contributed by atoms with Crippen molar-refractivity contribution in [3.63, 3.8) is 0 Å². The molecule has 0 saturated carbocycles. The summed E-state index contributed by atoms with van der Waals surface area (Å²) in [5.41, 5.74) is 0. The second-order valence-corrected chi connectivity index (χ2v) is 5.74. The highest BCUT2D eigenvalue weighted by atomic mass is 16.5. The molecule has 7 nitrogen and oxygen atoms in total. The second-order valence-electron chi connectivity index (χ2n) is 5.74. The van der Waals surface area contributed by atoms with Crippen LogP contribution in [-0.2, 0) is 0 Å². The van der Waals surface area contributed by atoms with Crippen LogP contribution < -0.4 is 10.1 Å². The highest BCUT2D eigenvalue weighted by molar-refractivity contribution is 5.88. The molecule has 1 aliphatic heterocycles. The highest BCUT2D eigenvalue weighted by Gasteiger charge is 2.21. The molecule has 0 bridgehead atoms. The van der Waals surface area contributed by atoms with Gasteiger partial charge in [-0.2, -0.15) is 0 Å². The van der Waals surface area contributed by atoms with Crippen LogP contribution in [0.4, 0.5) is 10.6 Å². The highest BCUT2D eigenvalue weighted by Crippen LogP contribution is 2.11. The van der Waals surface area contributed by atoms with Crippen LogP contribution in [0, 0.1) is 6.92 Å². The largest absolute Gasteiger partial charge is 0.492 e. The third kappa shape index (κ3) is 4.48. The summed E-state index contributed by atoms with van der Waals surface area (Å²) < 4.78 is 10.7. The van der Waals surface area contributed by atoms with Gasteiger partial charge in [-0.3, -0.25) is 10.2 Å². The molecule has 0 spiro atoms. The summed E-state index contributed by atoms with van der Waals surface area (Å²) in [6, 6.07) is 11.4. The van der Waals surface area contributed by atoms with Crippen LogP contribution in [0.5, 0.6) is 5.75 Å². The fourth-order valence-electron chi connectivity index (χ4n) is 2.60. The van der Waals surface area contributed by atoms with Crippen molar-refractivity contribution in [1.29, 1.82) is 0 Å². The molecule has 1 aromatic carbocycles. The SMILES string of the molecule is Cc1cc(NC(=O)N2CCN(CCOc3ccccc3)CC2)no1. The standard InChI is InChI=1S/C17H22N4O3/c1-14-13-16(19-24-14)18-17(22)21-9-7-20(8-10-21)11-12-23-15-5-3-2-4-6-15/h2-6,13H,7-12H2,1H3,(H,18,19,22). The summed E-state index contributed by atoms with van der Waals surface area (Å²) in [7, 11) is 0. The lowest BCUT2D eigenvalue weighted by molar-refractivity contribution is 0.132. The molecule has 3 rings (SSSR count). The van der Waals surface area contributed by atoms with E-state index in [1.807, 2.05) is 30.3 Å². The first kappa shape index (κ1) is 16.3. The number of piperazine rings is 1. The maximum atomic E-state index is 12.2. The van der Waals surface area contributed by atoms with Gasteiger partial charge in [-0.1, -0.05) is 23.4 Å². The van der Waals surface area contributed by atoms with Crippen LogP contribution in [0.3, 0.4) is 0 Å². The van der Waals surface area contributed by atoms with Gasteiger partial charge in [-0.15, -0.1) is 0 Å². The molecular formula is C17H22N4O3. The van der Waals surface area contributed by atoms with Gasteiger partial charge in [-0.25, -0.2) is 4.79 Å². The number of nitrogens with zero attached hydrogens (tertiary/aromatic N) is 3. The number of aromatic nitrogens is 1. The van der Waals surface area contributed by atoms with E-state index in [4.69, 9.17) is 9.26 Å². The first-order valence-electron chi connectivity index (χ1n) is 8.10. The van der Waals surface area contributed by atoms with Gasteiger partial charge in [0.15, 0.2) is 5.82 Å². The van der Waals surface area contributed by atoms with Crippen molar-refractivity contribution in [2.24, 2.45) is 0 Å². The lowest BCUT2D eigenvalue weighted by atomic mass is 10.3. The summed E-state index contributed by atoms with van der Waals surface area (Å²) in [4.78, 5) is 16.3. The lowest BCUT2D eigenvalue weighted by Crippen LogP contribution is -2.50. The Hall–Kier alpha value is -2.54. The van der Waals surface area contributed by atoms with E-state index in [9.17, 15) is 4.79 Å². The first-order chi connectivity index (χ1) is 11.7. The average molecular weight is 330 g/mol. The predicted octanol–water partition coefficient (Wildman–Crippen LogP) is 2.21. The Morgan fingerprint density at radius 2 is 2.00 bits per heavy atom. The maximum Gasteiger partial charge on any atom is 0.323 e.